The molecule has 0 bridgehead atoms. The van der Waals surface area contributed by atoms with Crippen molar-refractivity contribution < 1.29 is 13.2 Å². The van der Waals surface area contributed by atoms with E-state index in [1.165, 1.54) is 12.1 Å². The lowest BCUT2D eigenvalue weighted by atomic mass is 9.87. The van der Waals surface area contributed by atoms with Crippen molar-refractivity contribution in [1.29, 1.82) is 0 Å². The monoisotopic (exact) mass is 384 g/mol. The molecule has 1 aliphatic rings. The molecule has 2 heterocycles. The van der Waals surface area contributed by atoms with Crippen LogP contribution >= 0.6 is 12.4 Å². The number of aromatic nitrogens is 2. The second-order valence-electron chi connectivity index (χ2n) is 5.99. The van der Waals surface area contributed by atoms with Gasteiger partial charge in [-0.25, -0.2) is 8.42 Å². The topological polar surface area (TPSA) is 93.1 Å². The number of nitrogens with zero attached hydrogens (tertiary/aromatic N) is 2. The first-order chi connectivity index (χ1) is 11.4. The minimum atomic E-state index is -3.32. The van der Waals surface area contributed by atoms with E-state index < -0.39 is 15.4 Å². The van der Waals surface area contributed by atoms with E-state index in [1.807, 2.05) is 0 Å². The molecule has 2 N–H and O–H groups in total. The minimum Gasteiger partial charge on any atom is -0.324 e. The molecule has 25 heavy (non-hydrogen) atoms. The summed E-state index contributed by atoms with van der Waals surface area (Å²) in [5.41, 5.74) is -0.302. The van der Waals surface area contributed by atoms with Gasteiger partial charge in [0.15, 0.2) is 9.84 Å². The summed E-state index contributed by atoms with van der Waals surface area (Å²) in [6.07, 6.45) is 5.82. The number of carbonyl (C=O) groups is 1. The van der Waals surface area contributed by atoms with E-state index in [2.05, 4.69) is 15.7 Å². The van der Waals surface area contributed by atoms with Crippen LogP contribution in [0.4, 0.5) is 5.69 Å². The van der Waals surface area contributed by atoms with E-state index >= 15 is 0 Å². The van der Waals surface area contributed by atoms with Crippen LogP contribution in [0.25, 0.3) is 0 Å². The van der Waals surface area contributed by atoms with Crippen molar-refractivity contribution in [2.45, 2.75) is 23.3 Å². The van der Waals surface area contributed by atoms with Crippen LogP contribution in [-0.2, 0) is 20.2 Å². The highest BCUT2D eigenvalue weighted by Crippen LogP contribution is 2.29. The highest BCUT2D eigenvalue weighted by Gasteiger charge is 2.42. The number of halogens is 1. The molecule has 1 amide bonds. The molecule has 0 aliphatic carbocycles. The molecule has 0 atom stereocenters. The van der Waals surface area contributed by atoms with Crippen molar-refractivity contribution >= 4 is 33.8 Å². The van der Waals surface area contributed by atoms with Gasteiger partial charge in [-0.3, -0.25) is 9.48 Å². The lowest BCUT2D eigenvalue weighted by molar-refractivity contribution is -0.126. The van der Waals surface area contributed by atoms with Gasteiger partial charge in [0.2, 0.25) is 0 Å². The van der Waals surface area contributed by atoms with Gasteiger partial charge in [0.25, 0.3) is 5.91 Å². The smallest absolute Gasteiger partial charge is 0.252 e. The van der Waals surface area contributed by atoms with Crippen molar-refractivity contribution in [2.75, 3.05) is 24.7 Å². The molecule has 3 rings (SSSR count). The molecule has 0 saturated carbocycles. The van der Waals surface area contributed by atoms with Crippen LogP contribution in [0.15, 0.2) is 47.6 Å². The van der Waals surface area contributed by atoms with Crippen LogP contribution in [0.5, 0.6) is 0 Å². The standard InChI is InChI=1S/C16H20N4O3S.ClH/c1-24(22,23)14-5-2-4-13(12-14)19-15(21)16(6-9-17-10-7-16)20-11-3-8-18-20;/h2-5,8,11-12,17H,6-7,9-10H2,1H3,(H,19,21);1H. The van der Waals surface area contributed by atoms with Crippen LogP contribution in [0.3, 0.4) is 0 Å². The predicted octanol–water partition coefficient (Wildman–Crippen LogP) is 1.43. The van der Waals surface area contributed by atoms with Crippen LogP contribution in [0.1, 0.15) is 12.8 Å². The maximum absolute atomic E-state index is 13.0. The number of sulfone groups is 1. The first kappa shape index (κ1) is 19.4. The Labute approximate surface area is 153 Å². The number of rotatable bonds is 4. The van der Waals surface area contributed by atoms with Gasteiger partial charge in [-0.05, 0) is 50.2 Å². The molecular weight excluding hydrogens is 364 g/mol. The Balaban J connectivity index is 0.00000225. The average molecular weight is 385 g/mol. The first-order valence-electron chi connectivity index (χ1n) is 7.74. The van der Waals surface area contributed by atoms with Crippen molar-refractivity contribution in [3.8, 4) is 0 Å². The zero-order valence-corrected chi connectivity index (χ0v) is 15.4. The summed E-state index contributed by atoms with van der Waals surface area (Å²) in [4.78, 5) is 13.2. The Bertz CT molecular complexity index is 831. The number of benzene rings is 1. The zero-order chi connectivity index (χ0) is 17.2. The predicted molar refractivity (Wildman–Crippen MR) is 97.7 cm³/mol. The second-order valence-corrected chi connectivity index (χ2v) is 8.00. The van der Waals surface area contributed by atoms with E-state index in [0.29, 0.717) is 18.5 Å². The SMILES string of the molecule is CS(=O)(=O)c1cccc(NC(=O)C2(n3cccn3)CCNCC2)c1.Cl. The summed E-state index contributed by atoms with van der Waals surface area (Å²) in [5.74, 6) is -0.182. The quantitative estimate of drug-likeness (QED) is 0.831. The van der Waals surface area contributed by atoms with Crippen molar-refractivity contribution in [3.05, 3.63) is 42.7 Å². The van der Waals surface area contributed by atoms with Crippen molar-refractivity contribution in [1.82, 2.24) is 15.1 Å². The maximum atomic E-state index is 13.0. The number of anilines is 1. The molecule has 1 aliphatic heterocycles. The summed E-state index contributed by atoms with van der Waals surface area (Å²) in [6.45, 7) is 1.44. The van der Waals surface area contributed by atoms with Gasteiger partial charge >= 0.3 is 0 Å². The highest BCUT2D eigenvalue weighted by molar-refractivity contribution is 7.90. The minimum absolute atomic E-state index is 0. The Morgan fingerprint density at radius 2 is 2.00 bits per heavy atom. The van der Waals surface area contributed by atoms with Crippen LogP contribution in [-0.4, -0.2) is 43.5 Å². The first-order valence-corrected chi connectivity index (χ1v) is 9.63. The molecule has 1 fully saturated rings. The third-order valence-corrected chi connectivity index (χ3v) is 5.43. The molecule has 9 heteroatoms. The Morgan fingerprint density at radius 1 is 1.28 bits per heavy atom. The summed E-state index contributed by atoms with van der Waals surface area (Å²) < 4.78 is 25.1. The van der Waals surface area contributed by atoms with Gasteiger partial charge < -0.3 is 10.6 Å². The number of piperidine rings is 1. The summed E-state index contributed by atoms with van der Waals surface area (Å²) in [7, 11) is -3.32. The highest BCUT2D eigenvalue weighted by atomic mass is 35.5. The lowest BCUT2D eigenvalue weighted by Gasteiger charge is -2.36. The average Bonchev–Trinajstić information content (AvgIpc) is 3.10. The molecule has 1 aromatic carbocycles. The van der Waals surface area contributed by atoms with Gasteiger partial charge in [0.1, 0.15) is 5.54 Å². The number of nitrogens with one attached hydrogen (secondary N) is 2. The Kier molecular flexibility index (Phi) is 5.87. The molecule has 136 valence electrons. The molecule has 0 unspecified atom stereocenters. The lowest BCUT2D eigenvalue weighted by Crippen LogP contribution is -2.52. The number of amides is 1. The number of hydrogen-bond acceptors (Lipinski definition) is 5. The summed E-state index contributed by atoms with van der Waals surface area (Å²) in [6, 6.07) is 8.09. The normalized spacial score (nSPS) is 16.7. The van der Waals surface area contributed by atoms with Gasteiger partial charge in [0, 0.05) is 24.3 Å². The molecule has 1 saturated heterocycles. The van der Waals surface area contributed by atoms with E-state index in [0.717, 1.165) is 19.3 Å². The molecular formula is C16H21ClN4O3S. The second kappa shape index (κ2) is 7.55. The van der Waals surface area contributed by atoms with Gasteiger partial charge in [-0.1, -0.05) is 6.07 Å². The van der Waals surface area contributed by atoms with Crippen LogP contribution in [0.2, 0.25) is 0 Å². The van der Waals surface area contributed by atoms with Gasteiger partial charge in [-0.2, -0.15) is 5.10 Å². The molecule has 1 aromatic heterocycles. The molecule has 7 nitrogen and oxygen atoms in total. The fourth-order valence-corrected chi connectivity index (χ4v) is 3.64. The van der Waals surface area contributed by atoms with Gasteiger partial charge in [0.05, 0.1) is 4.90 Å². The van der Waals surface area contributed by atoms with Crippen LogP contribution < -0.4 is 10.6 Å². The largest absolute Gasteiger partial charge is 0.324 e. The van der Waals surface area contributed by atoms with Gasteiger partial charge in [-0.15, -0.1) is 12.4 Å². The number of carbonyl (C=O) groups excluding carboxylic acids is 1. The maximum Gasteiger partial charge on any atom is 0.252 e. The van der Waals surface area contributed by atoms with E-state index in [9.17, 15) is 13.2 Å². The molecule has 0 radical (unpaired) electrons. The summed E-state index contributed by atoms with van der Waals surface area (Å²) >= 11 is 0. The third-order valence-electron chi connectivity index (χ3n) is 4.32. The Morgan fingerprint density at radius 3 is 2.60 bits per heavy atom. The Hall–Kier alpha value is -1.90. The molecule has 2 aromatic rings. The van der Waals surface area contributed by atoms with Crippen molar-refractivity contribution in [3.63, 3.8) is 0 Å². The van der Waals surface area contributed by atoms with E-state index in [4.69, 9.17) is 0 Å². The van der Waals surface area contributed by atoms with Crippen LogP contribution in [0, 0.1) is 0 Å². The van der Waals surface area contributed by atoms with E-state index in [-0.39, 0.29) is 23.2 Å². The van der Waals surface area contributed by atoms with E-state index in [1.54, 1.807) is 35.3 Å². The number of hydrogen-bond donors (Lipinski definition) is 2. The molecule has 0 spiro atoms. The van der Waals surface area contributed by atoms with Crippen molar-refractivity contribution in [2.24, 2.45) is 0 Å². The third kappa shape index (κ3) is 4.02. The fourth-order valence-electron chi connectivity index (χ4n) is 2.97. The summed E-state index contributed by atoms with van der Waals surface area (Å²) in [5, 5.41) is 10.4. The zero-order valence-electron chi connectivity index (χ0n) is 13.8. The fraction of sp³-hybridized carbons (Fsp3) is 0.375.